The number of amides is 2. The molecule has 4 atom stereocenters. The Morgan fingerprint density at radius 2 is 1.73 bits per heavy atom. The van der Waals surface area contributed by atoms with Crippen LogP contribution in [0.25, 0.3) is 0 Å². The second kappa shape index (κ2) is 18.2. The van der Waals surface area contributed by atoms with Crippen molar-refractivity contribution in [2.45, 2.75) is 109 Å². The monoisotopic (exact) mass is 658 g/mol. The molecule has 2 amide bonds. The highest BCUT2D eigenvalue weighted by Crippen LogP contribution is 2.26. The maximum atomic E-state index is 14.0. The average molecular weight is 659 g/mol. The molecule has 5 N–H and O–H groups in total. The van der Waals surface area contributed by atoms with Crippen LogP contribution < -0.4 is 16.0 Å². The number of nitrogens with one attached hydrogen (secondary N) is 4. The Balaban J connectivity index is 1.54. The molecule has 0 radical (unpaired) electrons. The van der Waals surface area contributed by atoms with Crippen LogP contribution in [0.15, 0.2) is 61.2 Å². The molecule has 3 aromatic rings. The summed E-state index contributed by atoms with van der Waals surface area (Å²) in [6, 6.07) is 9.98. The predicted molar refractivity (Wildman–Crippen MR) is 184 cm³/mol. The first-order valence-corrected chi connectivity index (χ1v) is 17.2. The van der Waals surface area contributed by atoms with Gasteiger partial charge in [-0.15, -0.1) is 0 Å². The van der Waals surface area contributed by atoms with E-state index in [2.05, 4.69) is 30.9 Å². The SMILES string of the molecule is CCC(=O)c1cccc(C[C@H](Nc2ccccn2)C(=O)N[C@@H](Cc2cnc[nH]2)C(=O)N[C@@H](CC(C)C)[C@@H](O)CC(=O)C2CCCCC2)c1. The Morgan fingerprint density at radius 3 is 2.40 bits per heavy atom. The van der Waals surface area contributed by atoms with Crippen molar-refractivity contribution in [3.8, 4) is 0 Å². The highest BCUT2D eigenvalue weighted by Gasteiger charge is 2.32. The molecule has 1 saturated carbocycles. The van der Waals surface area contributed by atoms with Gasteiger partial charge in [0.1, 0.15) is 23.7 Å². The number of aromatic nitrogens is 3. The molecule has 2 heterocycles. The summed E-state index contributed by atoms with van der Waals surface area (Å²) in [7, 11) is 0. The van der Waals surface area contributed by atoms with Gasteiger partial charge in [-0.2, -0.15) is 0 Å². The van der Waals surface area contributed by atoms with Gasteiger partial charge in [0.15, 0.2) is 5.78 Å². The normalized spacial score (nSPS) is 16.0. The Labute approximate surface area is 283 Å². The maximum Gasteiger partial charge on any atom is 0.243 e. The number of rotatable bonds is 18. The van der Waals surface area contributed by atoms with Crippen LogP contribution in [-0.2, 0) is 27.2 Å². The summed E-state index contributed by atoms with van der Waals surface area (Å²) in [5.74, 6) is -0.291. The van der Waals surface area contributed by atoms with E-state index in [1.807, 2.05) is 19.9 Å². The summed E-state index contributed by atoms with van der Waals surface area (Å²) < 4.78 is 0. The number of aromatic amines is 1. The second-order valence-corrected chi connectivity index (χ2v) is 13.3. The van der Waals surface area contributed by atoms with Crippen molar-refractivity contribution in [1.82, 2.24) is 25.6 Å². The number of imidazole rings is 1. The standard InChI is InChI=1S/C37H50N6O5/c1-4-32(44)27-14-10-11-25(18-27)19-30(41-35-15-8-9-16-39-35)36(47)43-31(20-28-22-38-23-40-28)37(48)42-29(17-24(2)3)34(46)21-33(45)26-12-6-5-7-13-26/h8-11,14-16,18,22-24,26,29-31,34,46H,4-7,12-13,17,19-21H2,1-3H3,(H,38,40)(H,39,41)(H,42,48)(H,43,47)/t29-,30-,31-,34-/m0/s1. The Kier molecular flexibility index (Phi) is 13.9. The molecular formula is C37H50N6O5. The maximum absolute atomic E-state index is 14.0. The Bertz CT molecular complexity index is 1470. The highest BCUT2D eigenvalue weighted by molar-refractivity contribution is 5.96. The van der Waals surface area contributed by atoms with Crippen molar-refractivity contribution in [2.75, 3.05) is 5.32 Å². The van der Waals surface area contributed by atoms with Crippen LogP contribution in [0.5, 0.6) is 0 Å². The zero-order valence-corrected chi connectivity index (χ0v) is 28.3. The summed E-state index contributed by atoms with van der Waals surface area (Å²) in [6.07, 6.45) is 9.69. The molecule has 0 aliphatic heterocycles. The number of carbonyl (C=O) groups excluding carboxylic acids is 4. The van der Waals surface area contributed by atoms with Gasteiger partial charge < -0.3 is 26.0 Å². The van der Waals surface area contributed by atoms with Crippen molar-refractivity contribution in [2.24, 2.45) is 11.8 Å². The molecule has 1 aromatic carbocycles. The Morgan fingerprint density at radius 1 is 0.958 bits per heavy atom. The molecule has 1 aliphatic carbocycles. The lowest BCUT2D eigenvalue weighted by Crippen LogP contribution is -2.56. The number of pyridine rings is 1. The van der Waals surface area contributed by atoms with Gasteiger partial charge in [0.05, 0.1) is 18.5 Å². The van der Waals surface area contributed by atoms with Gasteiger partial charge in [0.25, 0.3) is 0 Å². The van der Waals surface area contributed by atoms with E-state index >= 15 is 0 Å². The minimum absolute atomic E-state index is 0.00501. The molecule has 4 rings (SSSR count). The van der Waals surface area contributed by atoms with E-state index in [1.54, 1.807) is 55.7 Å². The molecule has 0 unspecified atom stereocenters. The summed E-state index contributed by atoms with van der Waals surface area (Å²) in [4.78, 5) is 64.8. The highest BCUT2D eigenvalue weighted by atomic mass is 16.3. The van der Waals surface area contributed by atoms with E-state index in [-0.39, 0.29) is 42.7 Å². The van der Waals surface area contributed by atoms with Crippen molar-refractivity contribution in [3.63, 3.8) is 0 Å². The summed E-state index contributed by atoms with van der Waals surface area (Å²) in [6.45, 7) is 5.80. The van der Waals surface area contributed by atoms with Gasteiger partial charge in [-0.3, -0.25) is 19.2 Å². The van der Waals surface area contributed by atoms with Crippen molar-refractivity contribution < 1.29 is 24.3 Å². The number of nitrogens with zero attached hydrogens (tertiary/aromatic N) is 2. The first-order chi connectivity index (χ1) is 23.1. The predicted octanol–water partition coefficient (Wildman–Crippen LogP) is 4.58. The van der Waals surface area contributed by atoms with Gasteiger partial charge >= 0.3 is 0 Å². The van der Waals surface area contributed by atoms with Crippen LogP contribution in [0, 0.1) is 11.8 Å². The number of carbonyl (C=O) groups is 4. The number of anilines is 1. The first kappa shape index (κ1) is 36.5. The van der Waals surface area contributed by atoms with E-state index in [0.29, 0.717) is 29.9 Å². The van der Waals surface area contributed by atoms with Crippen molar-refractivity contribution >= 4 is 29.2 Å². The summed E-state index contributed by atoms with van der Waals surface area (Å²) in [5.41, 5.74) is 1.99. The lowest BCUT2D eigenvalue weighted by molar-refractivity contribution is -0.131. The third-order valence-corrected chi connectivity index (χ3v) is 8.91. The number of H-pyrrole nitrogens is 1. The van der Waals surface area contributed by atoms with Crippen LogP contribution in [0.4, 0.5) is 5.82 Å². The fourth-order valence-corrected chi connectivity index (χ4v) is 6.29. The molecule has 11 nitrogen and oxygen atoms in total. The number of Topliss-reactive ketones (excluding diaryl/α,β-unsaturated/α-hetero) is 2. The van der Waals surface area contributed by atoms with Gasteiger partial charge in [0, 0.05) is 55.3 Å². The molecule has 1 fully saturated rings. The van der Waals surface area contributed by atoms with E-state index in [1.165, 1.54) is 6.33 Å². The molecule has 258 valence electrons. The average Bonchev–Trinajstić information content (AvgIpc) is 3.61. The topological polar surface area (TPSA) is 166 Å². The summed E-state index contributed by atoms with van der Waals surface area (Å²) in [5, 5.41) is 20.3. The molecule has 0 saturated heterocycles. The number of ketones is 2. The largest absolute Gasteiger partial charge is 0.391 e. The minimum atomic E-state index is -1.05. The molecular weight excluding hydrogens is 608 g/mol. The first-order valence-electron chi connectivity index (χ1n) is 17.2. The minimum Gasteiger partial charge on any atom is -0.391 e. The summed E-state index contributed by atoms with van der Waals surface area (Å²) >= 11 is 0. The van der Waals surface area contributed by atoms with Crippen molar-refractivity contribution in [1.29, 1.82) is 0 Å². The van der Waals surface area contributed by atoms with Gasteiger partial charge in [-0.25, -0.2) is 9.97 Å². The van der Waals surface area contributed by atoms with Gasteiger partial charge in [-0.1, -0.05) is 64.3 Å². The smallest absolute Gasteiger partial charge is 0.243 e. The molecule has 0 spiro atoms. The fourth-order valence-electron chi connectivity index (χ4n) is 6.29. The van der Waals surface area contributed by atoms with Gasteiger partial charge in [-0.05, 0) is 48.9 Å². The van der Waals surface area contributed by atoms with Crippen molar-refractivity contribution in [3.05, 3.63) is 78.0 Å². The van der Waals surface area contributed by atoms with Crippen LogP contribution in [0.1, 0.15) is 93.8 Å². The van der Waals surface area contributed by atoms with Crippen LogP contribution in [-0.4, -0.2) is 67.7 Å². The molecule has 48 heavy (non-hydrogen) atoms. The number of hydrogen-bond donors (Lipinski definition) is 5. The van der Waals surface area contributed by atoms with Crippen LogP contribution in [0.2, 0.25) is 0 Å². The lowest BCUT2D eigenvalue weighted by Gasteiger charge is -2.30. The molecule has 2 aromatic heterocycles. The number of aliphatic hydroxyl groups is 1. The zero-order valence-electron chi connectivity index (χ0n) is 28.3. The van der Waals surface area contributed by atoms with Gasteiger partial charge in [0.2, 0.25) is 11.8 Å². The van der Waals surface area contributed by atoms with Crippen LogP contribution >= 0.6 is 0 Å². The third-order valence-electron chi connectivity index (χ3n) is 8.91. The molecule has 11 heteroatoms. The van der Waals surface area contributed by atoms with E-state index in [9.17, 15) is 24.3 Å². The molecule has 0 bridgehead atoms. The zero-order chi connectivity index (χ0) is 34.5. The lowest BCUT2D eigenvalue weighted by atomic mass is 9.83. The van der Waals surface area contributed by atoms with Crippen LogP contribution in [0.3, 0.4) is 0 Å². The van der Waals surface area contributed by atoms with E-state index in [0.717, 1.165) is 37.7 Å². The Hall–Kier alpha value is -4.38. The quantitative estimate of drug-likeness (QED) is 0.124. The van der Waals surface area contributed by atoms with E-state index in [4.69, 9.17) is 0 Å². The number of hydrogen-bond acceptors (Lipinski definition) is 8. The number of benzene rings is 1. The molecule has 1 aliphatic rings. The third kappa shape index (κ3) is 11.1. The second-order valence-electron chi connectivity index (χ2n) is 13.3. The van der Waals surface area contributed by atoms with E-state index < -0.39 is 36.0 Å². The number of aliphatic hydroxyl groups excluding tert-OH is 1. The fraction of sp³-hybridized carbons (Fsp3) is 0.514.